The molecule has 0 unspecified atom stereocenters. The van der Waals surface area contributed by atoms with Crippen molar-refractivity contribution in [3.8, 4) is 0 Å². The summed E-state index contributed by atoms with van der Waals surface area (Å²) < 4.78 is 0. The Morgan fingerprint density at radius 2 is 2.19 bits per heavy atom. The van der Waals surface area contributed by atoms with E-state index in [1.807, 2.05) is 0 Å². The summed E-state index contributed by atoms with van der Waals surface area (Å²) in [4.78, 5) is 47.1. The van der Waals surface area contributed by atoms with Crippen LogP contribution in [-0.4, -0.2) is 62.8 Å². The number of carbonyl (C=O) groups excluding carboxylic acids is 2. The van der Waals surface area contributed by atoms with Crippen molar-refractivity contribution in [1.82, 2.24) is 10.2 Å². The number of hydrogen-bond donors (Lipinski definition) is 2. The third kappa shape index (κ3) is 4.84. The quantitative estimate of drug-likeness (QED) is 0.157. The highest BCUT2D eigenvalue weighted by Gasteiger charge is 2.54. The molecule has 1 aromatic heterocycles. The van der Waals surface area contributed by atoms with Gasteiger partial charge >= 0.3 is 5.97 Å². The van der Waals surface area contributed by atoms with Gasteiger partial charge in [-0.25, -0.2) is 4.79 Å². The van der Waals surface area contributed by atoms with Crippen molar-refractivity contribution < 1.29 is 24.3 Å². The number of oxime groups is 1. The van der Waals surface area contributed by atoms with Gasteiger partial charge in [0.25, 0.3) is 11.8 Å². The van der Waals surface area contributed by atoms with E-state index in [0.29, 0.717) is 10.5 Å². The maximum atomic E-state index is 12.9. The van der Waals surface area contributed by atoms with E-state index in [2.05, 4.69) is 20.5 Å². The van der Waals surface area contributed by atoms with Gasteiger partial charge in [-0.15, -0.1) is 23.1 Å². The highest BCUT2D eigenvalue weighted by Crippen LogP contribution is 2.40. The normalized spacial score (nSPS) is 21.1. The molecule has 0 spiro atoms. The molecule has 0 bridgehead atoms. The van der Waals surface area contributed by atoms with E-state index >= 15 is 0 Å². The van der Waals surface area contributed by atoms with E-state index in [0.717, 1.165) is 4.90 Å². The number of hydrogen-bond acceptors (Lipinski definition) is 8. The van der Waals surface area contributed by atoms with Gasteiger partial charge in [-0.3, -0.25) is 14.5 Å². The smallest absolute Gasteiger partial charge is 0.352 e. The fraction of sp³-hybridized carbons (Fsp3) is 0.444. The number of carboxylic acids is 1. The molecule has 2 amide bonds. The molecule has 13 heteroatoms. The zero-order chi connectivity index (χ0) is 22.8. The van der Waals surface area contributed by atoms with Crippen LogP contribution in [0.1, 0.15) is 25.6 Å². The standard InChI is InChI=1S/C18H20N6O5S2/c1-18(2,3)29-22-11(10-5-4-6-30-10)14(25)21-12-15(26)24-13(17(27)28)9(7-20-23-19)8-31-16(12)24/h4-6,12,16H,7-8H2,1-3H3,(H,21,25)(H,27,28)/t12-,16-/m1/s1. The summed E-state index contributed by atoms with van der Waals surface area (Å²) in [5.41, 5.74) is 8.08. The lowest BCUT2D eigenvalue weighted by molar-refractivity contribution is -0.150. The molecule has 0 saturated carbocycles. The van der Waals surface area contributed by atoms with Crippen LogP contribution in [0.5, 0.6) is 0 Å². The molecule has 2 aliphatic rings. The molecule has 1 aromatic rings. The van der Waals surface area contributed by atoms with E-state index in [4.69, 9.17) is 10.4 Å². The summed E-state index contributed by atoms with van der Waals surface area (Å²) in [6.45, 7) is 5.23. The monoisotopic (exact) mass is 464 g/mol. The number of thioether (sulfide) groups is 1. The summed E-state index contributed by atoms with van der Waals surface area (Å²) in [6.07, 6.45) is 0. The lowest BCUT2D eigenvalue weighted by Crippen LogP contribution is -2.71. The molecule has 1 fully saturated rings. The lowest BCUT2D eigenvalue weighted by atomic mass is 10.0. The summed E-state index contributed by atoms with van der Waals surface area (Å²) in [7, 11) is 0. The van der Waals surface area contributed by atoms with Crippen molar-refractivity contribution in [2.45, 2.75) is 37.8 Å². The third-order valence-corrected chi connectivity index (χ3v) is 6.46. The first-order valence-electron chi connectivity index (χ1n) is 9.16. The molecule has 0 aromatic carbocycles. The van der Waals surface area contributed by atoms with Gasteiger partial charge in [0, 0.05) is 10.7 Å². The number of rotatable bonds is 7. The average molecular weight is 465 g/mol. The first-order chi connectivity index (χ1) is 14.6. The molecule has 2 aliphatic heterocycles. The van der Waals surface area contributed by atoms with Gasteiger partial charge < -0.3 is 15.3 Å². The van der Waals surface area contributed by atoms with Crippen molar-refractivity contribution in [3.63, 3.8) is 0 Å². The number of β-lactam (4-membered cyclic amide) rings is 1. The van der Waals surface area contributed by atoms with Gasteiger partial charge in [0.15, 0.2) is 5.71 Å². The van der Waals surface area contributed by atoms with Crippen LogP contribution in [0.4, 0.5) is 0 Å². The summed E-state index contributed by atoms with van der Waals surface area (Å²) in [5, 5.41) is 20.8. The van der Waals surface area contributed by atoms with Crippen LogP contribution < -0.4 is 5.32 Å². The Kier molecular flexibility index (Phi) is 6.58. The molecule has 31 heavy (non-hydrogen) atoms. The molecule has 0 aliphatic carbocycles. The minimum Gasteiger partial charge on any atom is -0.477 e. The molecule has 2 N–H and O–H groups in total. The van der Waals surface area contributed by atoms with Crippen LogP contribution in [0.3, 0.4) is 0 Å². The van der Waals surface area contributed by atoms with Crippen LogP contribution in [-0.2, 0) is 19.2 Å². The number of aliphatic carboxylic acids is 1. The number of azide groups is 1. The molecule has 3 rings (SSSR count). The Morgan fingerprint density at radius 3 is 2.77 bits per heavy atom. The first-order valence-corrected chi connectivity index (χ1v) is 11.1. The maximum absolute atomic E-state index is 12.9. The summed E-state index contributed by atoms with van der Waals surface area (Å²) in [5.74, 6) is -2.17. The van der Waals surface area contributed by atoms with Gasteiger partial charge in [-0.2, -0.15) is 0 Å². The highest BCUT2D eigenvalue weighted by atomic mass is 32.2. The van der Waals surface area contributed by atoms with E-state index in [1.165, 1.54) is 23.1 Å². The van der Waals surface area contributed by atoms with Crippen molar-refractivity contribution in [3.05, 3.63) is 44.1 Å². The Balaban J connectivity index is 1.80. The molecular formula is C18H20N6O5S2. The van der Waals surface area contributed by atoms with Crippen LogP contribution in [0.25, 0.3) is 10.4 Å². The van der Waals surface area contributed by atoms with Gasteiger partial charge in [0.2, 0.25) is 0 Å². The largest absolute Gasteiger partial charge is 0.477 e. The second-order valence-electron chi connectivity index (χ2n) is 7.63. The Bertz CT molecular complexity index is 1010. The van der Waals surface area contributed by atoms with Crippen LogP contribution in [0.2, 0.25) is 0 Å². The number of fused-ring (bicyclic) bond motifs is 1. The van der Waals surface area contributed by atoms with E-state index in [-0.39, 0.29) is 23.7 Å². The zero-order valence-electron chi connectivity index (χ0n) is 16.9. The summed E-state index contributed by atoms with van der Waals surface area (Å²) >= 11 is 2.59. The maximum Gasteiger partial charge on any atom is 0.352 e. The fourth-order valence-electron chi connectivity index (χ4n) is 2.93. The minimum atomic E-state index is -1.29. The number of carbonyl (C=O) groups is 3. The number of nitrogens with zero attached hydrogens (tertiary/aromatic N) is 5. The molecule has 2 atom stereocenters. The first kappa shape index (κ1) is 22.7. The summed E-state index contributed by atoms with van der Waals surface area (Å²) in [6, 6.07) is 2.57. The van der Waals surface area contributed by atoms with E-state index < -0.39 is 34.8 Å². The number of thiophene rings is 1. The molecular weight excluding hydrogens is 444 g/mol. The minimum absolute atomic E-state index is 0.0371. The van der Waals surface area contributed by atoms with Gasteiger partial charge in [0.05, 0.1) is 11.4 Å². The molecule has 0 radical (unpaired) electrons. The molecule has 11 nitrogen and oxygen atoms in total. The van der Waals surface area contributed by atoms with E-state index in [9.17, 15) is 19.5 Å². The number of amides is 2. The molecule has 3 heterocycles. The SMILES string of the molecule is CC(C)(C)ON=C(C(=O)N[C@@H]1C(=O)N2C(C(=O)O)=C(CN=[N+]=[N-])CS[C@H]12)c1cccs1. The Hall–Kier alpha value is -3.02. The van der Waals surface area contributed by atoms with Crippen molar-refractivity contribution in [1.29, 1.82) is 0 Å². The Labute approximate surface area is 185 Å². The van der Waals surface area contributed by atoms with Gasteiger partial charge in [-0.1, -0.05) is 16.3 Å². The van der Waals surface area contributed by atoms with Crippen LogP contribution in [0, 0.1) is 0 Å². The second-order valence-corrected chi connectivity index (χ2v) is 9.68. The van der Waals surface area contributed by atoms with Crippen molar-refractivity contribution in [2.24, 2.45) is 10.3 Å². The van der Waals surface area contributed by atoms with Crippen LogP contribution in [0.15, 0.2) is 39.1 Å². The number of nitrogens with one attached hydrogen (secondary N) is 1. The topological polar surface area (TPSA) is 157 Å². The van der Waals surface area contributed by atoms with Crippen molar-refractivity contribution >= 4 is 46.6 Å². The highest BCUT2D eigenvalue weighted by molar-refractivity contribution is 8.00. The second kappa shape index (κ2) is 9.00. The zero-order valence-corrected chi connectivity index (χ0v) is 18.6. The fourth-order valence-corrected chi connectivity index (χ4v) is 4.96. The number of carboxylic acid groups (broad SMARTS) is 1. The average Bonchev–Trinajstić information content (AvgIpc) is 3.23. The third-order valence-electron chi connectivity index (χ3n) is 4.24. The predicted molar refractivity (Wildman–Crippen MR) is 115 cm³/mol. The lowest BCUT2D eigenvalue weighted by Gasteiger charge is -2.49. The van der Waals surface area contributed by atoms with Gasteiger partial charge in [0.1, 0.15) is 22.7 Å². The van der Waals surface area contributed by atoms with E-state index in [1.54, 1.807) is 38.3 Å². The van der Waals surface area contributed by atoms with Crippen LogP contribution >= 0.6 is 23.1 Å². The molecule has 164 valence electrons. The van der Waals surface area contributed by atoms with Gasteiger partial charge in [-0.05, 0) is 43.3 Å². The predicted octanol–water partition coefficient (Wildman–Crippen LogP) is 2.32. The molecule has 1 saturated heterocycles. The van der Waals surface area contributed by atoms with Crippen molar-refractivity contribution in [2.75, 3.05) is 12.3 Å². The Morgan fingerprint density at radius 1 is 1.45 bits per heavy atom.